The van der Waals surface area contributed by atoms with Gasteiger partial charge in [0, 0.05) is 24.4 Å². The molecule has 1 N–H and O–H groups in total. The van der Waals surface area contributed by atoms with Gasteiger partial charge in [0.15, 0.2) is 5.69 Å². The summed E-state index contributed by atoms with van der Waals surface area (Å²) in [5, 5.41) is 15.2. The van der Waals surface area contributed by atoms with E-state index in [9.17, 15) is 4.79 Å². The lowest BCUT2D eigenvalue weighted by atomic mass is 10.1. The Hall–Kier alpha value is -3.27. The van der Waals surface area contributed by atoms with E-state index in [0.717, 1.165) is 23.1 Å². The maximum absolute atomic E-state index is 12.3. The molecule has 1 saturated carbocycles. The number of hydrogen-bond acceptors (Lipinski definition) is 7. The van der Waals surface area contributed by atoms with Crippen LogP contribution in [0.4, 0.5) is 0 Å². The summed E-state index contributed by atoms with van der Waals surface area (Å²) in [4.78, 5) is 16.7. The molecule has 5 rings (SSSR count). The predicted octanol–water partition coefficient (Wildman–Crippen LogP) is 4.27. The molecule has 3 aromatic heterocycles. The van der Waals surface area contributed by atoms with Crippen LogP contribution in [0, 0.1) is 5.92 Å². The lowest BCUT2D eigenvalue weighted by Gasteiger charge is -2.17. The minimum absolute atomic E-state index is 0.209. The number of amides is 1. The molecule has 0 bridgehead atoms. The molecule has 0 spiro atoms. The number of benzene rings is 1. The Morgan fingerprint density at radius 1 is 1.35 bits per heavy atom. The fraction of sp³-hybridized carbons (Fsp3) is 0.286. The van der Waals surface area contributed by atoms with Gasteiger partial charge in [0.25, 0.3) is 5.91 Å². The summed E-state index contributed by atoms with van der Waals surface area (Å²) in [5.41, 5.74) is 2.63. The van der Waals surface area contributed by atoms with Crippen molar-refractivity contribution in [2.24, 2.45) is 5.92 Å². The van der Waals surface area contributed by atoms with Gasteiger partial charge in [-0.15, -0.1) is 5.10 Å². The SMILES string of the molecule is CC(NC(=O)c1ccon1)c1cccnc1Oc1ccc2c(nnn2CC2CC2)c1Br. The average Bonchev–Trinajstić information content (AvgIpc) is 3.24. The molecular weight excluding hydrogens is 464 g/mol. The Bertz CT molecular complexity index is 1240. The number of carbonyl (C=O) groups is 1. The molecule has 0 aliphatic heterocycles. The van der Waals surface area contributed by atoms with Crippen molar-refractivity contribution in [1.82, 2.24) is 30.5 Å². The molecule has 1 aliphatic rings. The fourth-order valence-corrected chi connectivity index (χ4v) is 3.84. The highest BCUT2D eigenvalue weighted by Crippen LogP contribution is 2.37. The minimum atomic E-state index is -0.366. The van der Waals surface area contributed by atoms with E-state index in [-0.39, 0.29) is 17.6 Å². The van der Waals surface area contributed by atoms with Crippen molar-refractivity contribution in [3.8, 4) is 11.6 Å². The van der Waals surface area contributed by atoms with Crippen LogP contribution < -0.4 is 10.1 Å². The second kappa shape index (κ2) is 8.10. The lowest BCUT2D eigenvalue weighted by molar-refractivity contribution is 0.0930. The van der Waals surface area contributed by atoms with Crippen LogP contribution in [0.2, 0.25) is 0 Å². The smallest absolute Gasteiger partial charge is 0.273 e. The highest BCUT2D eigenvalue weighted by molar-refractivity contribution is 9.10. The number of ether oxygens (including phenoxy) is 1. The molecule has 1 atom stereocenters. The lowest BCUT2D eigenvalue weighted by Crippen LogP contribution is -2.27. The van der Waals surface area contributed by atoms with E-state index in [1.54, 1.807) is 12.3 Å². The van der Waals surface area contributed by atoms with Crippen LogP contribution in [-0.4, -0.2) is 31.0 Å². The van der Waals surface area contributed by atoms with Gasteiger partial charge in [0.05, 0.1) is 16.0 Å². The second-order valence-corrected chi connectivity index (χ2v) is 8.33. The Labute approximate surface area is 185 Å². The molecule has 4 aromatic rings. The molecule has 0 saturated heterocycles. The van der Waals surface area contributed by atoms with E-state index in [1.807, 2.05) is 29.8 Å². The van der Waals surface area contributed by atoms with Gasteiger partial charge in [-0.05, 0) is 59.8 Å². The molecule has 1 aliphatic carbocycles. The first-order chi connectivity index (χ1) is 15.1. The van der Waals surface area contributed by atoms with Crippen LogP contribution in [-0.2, 0) is 6.54 Å². The molecule has 1 fully saturated rings. The molecule has 1 amide bonds. The van der Waals surface area contributed by atoms with E-state index in [2.05, 4.69) is 41.7 Å². The zero-order valence-corrected chi connectivity index (χ0v) is 18.2. The predicted molar refractivity (Wildman–Crippen MR) is 115 cm³/mol. The number of nitrogens with zero attached hydrogens (tertiary/aromatic N) is 5. The number of nitrogens with one attached hydrogen (secondary N) is 1. The number of aromatic nitrogens is 5. The van der Waals surface area contributed by atoms with Gasteiger partial charge in [-0.1, -0.05) is 16.4 Å². The number of halogens is 1. The first kappa shape index (κ1) is 19.7. The second-order valence-electron chi connectivity index (χ2n) is 7.54. The number of fused-ring (bicyclic) bond motifs is 1. The summed E-state index contributed by atoms with van der Waals surface area (Å²) >= 11 is 3.61. The zero-order chi connectivity index (χ0) is 21.4. The van der Waals surface area contributed by atoms with Crippen molar-refractivity contribution in [2.45, 2.75) is 32.4 Å². The summed E-state index contributed by atoms with van der Waals surface area (Å²) in [6.45, 7) is 2.74. The standard InChI is InChI=1S/C21H19BrN6O3/c1-12(24-20(29)15-8-10-30-26-15)14-3-2-9-23-21(14)31-17-7-6-16-19(18(17)22)25-27-28(16)11-13-4-5-13/h2-3,6-10,12-13H,4-5,11H2,1H3,(H,24,29). The van der Waals surface area contributed by atoms with Crippen molar-refractivity contribution in [3.05, 3.63) is 58.5 Å². The van der Waals surface area contributed by atoms with E-state index in [4.69, 9.17) is 9.26 Å². The molecule has 158 valence electrons. The van der Waals surface area contributed by atoms with Gasteiger partial charge in [-0.2, -0.15) is 0 Å². The van der Waals surface area contributed by atoms with Gasteiger partial charge in [-0.25, -0.2) is 9.67 Å². The maximum Gasteiger partial charge on any atom is 0.273 e. The highest BCUT2D eigenvalue weighted by Gasteiger charge is 2.24. The first-order valence-electron chi connectivity index (χ1n) is 9.96. The molecule has 3 heterocycles. The van der Waals surface area contributed by atoms with Gasteiger partial charge >= 0.3 is 0 Å². The number of rotatable bonds is 7. The third kappa shape index (κ3) is 4.02. The van der Waals surface area contributed by atoms with Crippen LogP contribution in [0.3, 0.4) is 0 Å². The summed E-state index contributed by atoms with van der Waals surface area (Å²) in [6.07, 6.45) is 5.49. The Morgan fingerprint density at radius 2 is 2.23 bits per heavy atom. The highest BCUT2D eigenvalue weighted by atomic mass is 79.9. The van der Waals surface area contributed by atoms with Crippen LogP contribution in [0.15, 0.2) is 51.8 Å². The van der Waals surface area contributed by atoms with Crippen LogP contribution in [0.5, 0.6) is 11.6 Å². The minimum Gasteiger partial charge on any atom is -0.437 e. The largest absolute Gasteiger partial charge is 0.437 e. The number of hydrogen-bond donors (Lipinski definition) is 1. The third-order valence-electron chi connectivity index (χ3n) is 5.21. The van der Waals surface area contributed by atoms with E-state index < -0.39 is 0 Å². The quantitative estimate of drug-likeness (QED) is 0.418. The average molecular weight is 483 g/mol. The van der Waals surface area contributed by atoms with E-state index in [0.29, 0.717) is 22.0 Å². The maximum atomic E-state index is 12.3. The molecule has 9 nitrogen and oxygen atoms in total. The van der Waals surface area contributed by atoms with Gasteiger partial charge in [0.2, 0.25) is 5.88 Å². The molecule has 10 heteroatoms. The Balaban J connectivity index is 1.39. The van der Waals surface area contributed by atoms with Crippen molar-refractivity contribution >= 4 is 32.9 Å². The number of carbonyl (C=O) groups excluding carboxylic acids is 1. The monoisotopic (exact) mass is 482 g/mol. The third-order valence-corrected chi connectivity index (χ3v) is 5.98. The first-order valence-corrected chi connectivity index (χ1v) is 10.7. The summed E-state index contributed by atoms with van der Waals surface area (Å²) in [5.74, 6) is 1.32. The van der Waals surface area contributed by atoms with Gasteiger partial charge in [-0.3, -0.25) is 4.79 Å². The van der Waals surface area contributed by atoms with E-state index in [1.165, 1.54) is 25.2 Å². The topological polar surface area (TPSA) is 108 Å². The van der Waals surface area contributed by atoms with Crippen LogP contribution in [0.25, 0.3) is 11.0 Å². The van der Waals surface area contributed by atoms with Crippen molar-refractivity contribution in [3.63, 3.8) is 0 Å². The fourth-order valence-electron chi connectivity index (χ4n) is 3.35. The molecule has 1 aromatic carbocycles. The van der Waals surface area contributed by atoms with Gasteiger partial charge in [0.1, 0.15) is 17.5 Å². The molecule has 0 radical (unpaired) electrons. The van der Waals surface area contributed by atoms with E-state index >= 15 is 0 Å². The van der Waals surface area contributed by atoms with Crippen molar-refractivity contribution < 1.29 is 14.1 Å². The van der Waals surface area contributed by atoms with Gasteiger partial charge < -0.3 is 14.6 Å². The molecule has 31 heavy (non-hydrogen) atoms. The zero-order valence-electron chi connectivity index (χ0n) is 16.7. The summed E-state index contributed by atoms with van der Waals surface area (Å²) in [6, 6.07) is 8.62. The van der Waals surface area contributed by atoms with Crippen molar-refractivity contribution in [1.29, 1.82) is 0 Å². The molecule has 1 unspecified atom stereocenters. The van der Waals surface area contributed by atoms with Crippen molar-refractivity contribution in [2.75, 3.05) is 0 Å². The normalized spacial score (nSPS) is 14.5. The molecular formula is C21H19BrN6O3. The summed E-state index contributed by atoms with van der Waals surface area (Å²) < 4.78 is 13.5. The Kier molecular flexibility index (Phi) is 5.14. The number of pyridine rings is 1. The Morgan fingerprint density at radius 3 is 3.00 bits per heavy atom. The van der Waals surface area contributed by atoms with Crippen LogP contribution >= 0.6 is 15.9 Å². The summed E-state index contributed by atoms with van der Waals surface area (Å²) in [7, 11) is 0. The van der Waals surface area contributed by atoms with Crippen LogP contribution in [0.1, 0.15) is 41.9 Å².